The van der Waals surface area contributed by atoms with E-state index in [1.807, 2.05) is 24.3 Å². The standard InChI is InChI=1S/C18H16FNO3S/c1-12(21)14-10-13(19)6-7-16(14)23-11-18(22)20-8-9-24-17-5-3-2-4-15(17)20/h2-7,10H,8-9,11H2,1H3. The maximum Gasteiger partial charge on any atom is 0.264 e. The number of carbonyl (C=O) groups excluding carboxylic acids is 2. The van der Waals surface area contributed by atoms with Crippen LogP contribution in [0.2, 0.25) is 0 Å². The second-order valence-electron chi connectivity index (χ2n) is 5.35. The second-order valence-corrected chi connectivity index (χ2v) is 6.48. The van der Waals surface area contributed by atoms with E-state index in [1.54, 1.807) is 16.7 Å². The Morgan fingerprint density at radius 1 is 1.25 bits per heavy atom. The molecule has 124 valence electrons. The van der Waals surface area contributed by atoms with Crippen LogP contribution in [-0.4, -0.2) is 30.6 Å². The van der Waals surface area contributed by atoms with E-state index in [1.165, 1.54) is 19.1 Å². The van der Waals surface area contributed by atoms with Gasteiger partial charge in [0.25, 0.3) is 5.91 Å². The number of anilines is 1. The third-order valence-electron chi connectivity index (χ3n) is 3.70. The van der Waals surface area contributed by atoms with Crippen LogP contribution in [0.15, 0.2) is 47.4 Å². The normalized spacial score (nSPS) is 13.3. The fourth-order valence-corrected chi connectivity index (χ4v) is 3.54. The summed E-state index contributed by atoms with van der Waals surface area (Å²) < 4.78 is 18.8. The topological polar surface area (TPSA) is 46.6 Å². The SMILES string of the molecule is CC(=O)c1cc(F)ccc1OCC(=O)N1CCSc2ccccc21. The van der Waals surface area contributed by atoms with Gasteiger partial charge < -0.3 is 9.64 Å². The number of para-hydroxylation sites is 1. The average molecular weight is 345 g/mol. The molecule has 0 spiro atoms. The second kappa shape index (κ2) is 7.05. The summed E-state index contributed by atoms with van der Waals surface area (Å²) in [6.45, 7) is 1.74. The number of ether oxygens (including phenoxy) is 1. The van der Waals surface area contributed by atoms with Crippen molar-refractivity contribution in [2.24, 2.45) is 0 Å². The minimum absolute atomic E-state index is 0.136. The zero-order chi connectivity index (χ0) is 17.1. The summed E-state index contributed by atoms with van der Waals surface area (Å²) in [4.78, 5) is 26.8. The first-order valence-electron chi connectivity index (χ1n) is 7.52. The first kappa shape index (κ1) is 16.5. The maximum atomic E-state index is 13.3. The highest BCUT2D eigenvalue weighted by Crippen LogP contribution is 2.34. The van der Waals surface area contributed by atoms with Crippen molar-refractivity contribution in [1.29, 1.82) is 0 Å². The quantitative estimate of drug-likeness (QED) is 0.795. The molecule has 0 aliphatic carbocycles. The number of benzene rings is 2. The van der Waals surface area contributed by atoms with Gasteiger partial charge in [0.2, 0.25) is 0 Å². The molecular weight excluding hydrogens is 329 g/mol. The van der Waals surface area contributed by atoms with E-state index >= 15 is 0 Å². The van der Waals surface area contributed by atoms with Crippen LogP contribution < -0.4 is 9.64 Å². The van der Waals surface area contributed by atoms with Crippen molar-refractivity contribution >= 4 is 29.1 Å². The van der Waals surface area contributed by atoms with Crippen molar-refractivity contribution in [2.45, 2.75) is 11.8 Å². The summed E-state index contributed by atoms with van der Waals surface area (Å²) in [5, 5.41) is 0. The molecule has 0 bridgehead atoms. The molecule has 4 nitrogen and oxygen atoms in total. The van der Waals surface area contributed by atoms with Crippen molar-refractivity contribution < 1.29 is 18.7 Å². The highest BCUT2D eigenvalue weighted by Gasteiger charge is 2.23. The molecular formula is C18H16FNO3S. The van der Waals surface area contributed by atoms with Gasteiger partial charge in [-0.05, 0) is 37.3 Å². The minimum Gasteiger partial charge on any atom is -0.483 e. The third kappa shape index (κ3) is 3.43. The number of Topliss-reactive ketones (excluding diaryl/α,β-unsaturated/α-hetero) is 1. The number of amides is 1. The van der Waals surface area contributed by atoms with Gasteiger partial charge in [-0.3, -0.25) is 9.59 Å². The van der Waals surface area contributed by atoms with Gasteiger partial charge in [0.1, 0.15) is 11.6 Å². The van der Waals surface area contributed by atoms with Crippen molar-refractivity contribution in [3.63, 3.8) is 0 Å². The van der Waals surface area contributed by atoms with Crippen LogP contribution >= 0.6 is 11.8 Å². The molecule has 0 aromatic heterocycles. The number of thioether (sulfide) groups is 1. The Hall–Kier alpha value is -2.34. The van der Waals surface area contributed by atoms with Crippen LogP contribution in [0.4, 0.5) is 10.1 Å². The summed E-state index contributed by atoms with van der Waals surface area (Å²) in [5.74, 6) is 0.0221. The van der Waals surface area contributed by atoms with Crippen molar-refractivity contribution in [3.8, 4) is 5.75 Å². The molecule has 1 aliphatic rings. The largest absolute Gasteiger partial charge is 0.483 e. The fourth-order valence-electron chi connectivity index (χ4n) is 2.55. The van der Waals surface area contributed by atoms with Crippen LogP contribution in [0.25, 0.3) is 0 Å². The molecule has 1 amide bonds. The van der Waals surface area contributed by atoms with Gasteiger partial charge in [-0.1, -0.05) is 12.1 Å². The van der Waals surface area contributed by atoms with Crippen molar-refractivity contribution in [3.05, 3.63) is 53.8 Å². The Balaban J connectivity index is 1.75. The Morgan fingerprint density at radius 2 is 2.04 bits per heavy atom. The molecule has 0 N–H and O–H groups in total. The smallest absolute Gasteiger partial charge is 0.264 e. The lowest BCUT2D eigenvalue weighted by Gasteiger charge is -2.29. The Kier molecular flexibility index (Phi) is 4.85. The molecule has 24 heavy (non-hydrogen) atoms. The van der Waals surface area contributed by atoms with Gasteiger partial charge in [0.05, 0.1) is 11.3 Å². The van der Waals surface area contributed by atoms with Crippen molar-refractivity contribution in [2.75, 3.05) is 23.8 Å². The van der Waals surface area contributed by atoms with Gasteiger partial charge in [-0.2, -0.15) is 0 Å². The van der Waals surface area contributed by atoms with E-state index in [0.29, 0.717) is 6.54 Å². The number of ketones is 1. The Morgan fingerprint density at radius 3 is 2.83 bits per heavy atom. The van der Waals surface area contributed by atoms with Gasteiger partial charge in [0.15, 0.2) is 12.4 Å². The van der Waals surface area contributed by atoms with Gasteiger partial charge in [0, 0.05) is 17.2 Å². The zero-order valence-electron chi connectivity index (χ0n) is 13.1. The van der Waals surface area contributed by atoms with Gasteiger partial charge >= 0.3 is 0 Å². The van der Waals surface area contributed by atoms with Crippen LogP contribution in [0.1, 0.15) is 17.3 Å². The molecule has 6 heteroatoms. The molecule has 0 fully saturated rings. The number of hydrogen-bond acceptors (Lipinski definition) is 4. The van der Waals surface area contributed by atoms with Crippen LogP contribution in [0.3, 0.4) is 0 Å². The number of hydrogen-bond donors (Lipinski definition) is 0. The number of rotatable bonds is 4. The first-order valence-corrected chi connectivity index (χ1v) is 8.50. The van der Waals surface area contributed by atoms with E-state index in [2.05, 4.69) is 0 Å². The summed E-state index contributed by atoms with van der Waals surface area (Å²) in [6.07, 6.45) is 0. The number of nitrogens with zero attached hydrogens (tertiary/aromatic N) is 1. The summed E-state index contributed by atoms with van der Waals surface area (Å²) in [5.41, 5.74) is 1.01. The number of halogens is 1. The molecule has 1 aliphatic heterocycles. The number of fused-ring (bicyclic) bond motifs is 1. The van der Waals surface area contributed by atoms with Crippen LogP contribution in [-0.2, 0) is 4.79 Å². The van der Waals surface area contributed by atoms with E-state index in [-0.39, 0.29) is 29.6 Å². The molecule has 2 aromatic rings. The summed E-state index contributed by atoms with van der Waals surface area (Å²) >= 11 is 1.71. The number of carbonyl (C=O) groups is 2. The van der Waals surface area contributed by atoms with Gasteiger partial charge in [-0.15, -0.1) is 11.8 Å². The molecule has 0 atom stereocenters. The summed E-state index contributed by atoms with van der Waals surface area (Å²) in [6, 6.07) is 11.4. The van der Waals surface area contributed by atoms with Gasteiger partial charge in [-0.25, -0.2) is 4.39 Å². The van der Waals surface area contributed by atoms with E-state index in [0.717, 1.165) is 22.4 Å². The van der Waals surface area contributed by atoms with E-state index in [9.17, 15) is 14.0 Å². The average Bonchev–Trinajstić information content (AvgIpc) is 2.59. The Bertz CT molecular complexity index is 794. The maximum absolute atomic E-state index is 13.3. The monoisotopic (exact) mass is 345 g/mol. The minimum atomic E-state index is -0.513. The lowest BCUT2D eigenvalue weighted by molar-refractivity contribution is -0.120. The molecule has 0 saturated heterocycles. The highest BCUT2D eigenvalue weighted by molar-refractivity contribution is 7.99. The summed E-state index contributed by atoms with van der Waals surface area (Å²) in [7, 11) is 0. The fraction of sp³-hybridized carbons (Fsp3) is 0.222. The molecule has 0 radical (unpaired) electrons. The first-order chi connectivity index (χ1) is 11.6. The predicted octanol–water partition coefficient (Wildman–Crippen LogP) is 3.55. The molecule has 2 aromatic carbocycles. The Labute approximate surface area is 143 Å². The van der Waals surface area contributed by atoms with Crippen LogP contribution in [0, 0.1) is 5.82 Å². The highest BCUT2D eigenvalue weighted by atomic mass is 32.2. The zero-order valence-corrected chi connectivity index (χ0v) is 13.9. The lowest BCUT2D eigenvalue weighted by atomic mass is 10.1. The van der Waals surface area contributed by atoms with Crippen LogP contribution in [0.5, 0.6) is 5.75 Å². The molecule has 0 saturated carbocycles. The molecule has 3 rings (SSSR count). The van der Waals surface area contributed by atoms with E-state index < -0.39 is 5.82 Å². The van der Waals surface area contributed by atoms with Crippen molar-refractivity contribution in [1.82, 2.24) is 0 Å². The molecule has 1 heterocycles. The molecule has 0 unspecified atom stereocenters. The predicted molar refractivity (Wildman–Crippen MR) is 91.4 cm³/mol. The lowest BCUT2D eigenvalue weighted by Crippen LogP contribution is -2.38. The van der Waals surface area contributed by atoms with E-state index in [4.69, 9.17) is 4.74 Å². The third-order valence-corrected chi connectivity index (χ3v) is 4.74.